The van der Waals surface area contributed by atoms with Crippen LogP contribution in [0.5, 0.6) is 17.2 Å². The second-order valence-corrected chi connectivity index (χ2v) is 14.0. The van der Waals surface area contributed by atoms with E-state index in [0.717, 1.165) is 28.0 Å². The van der Waals surface area contributed by atoms with Crippen LogP contribution >= 0.6 is 46.3 Å². The fourth-order valence-corrected chi connectivity index (χ4v) is 7.71. The molecule has 49 heavy (non-hydrogen) atoms. The summed E-state index contributed by atoms with van der Waals surface area (Å²) in [5.74, 6) is -1.08. The fraction of sp³-hybridized carbons (Fsp3) is 0.167. The van der Waals surface area contributed by atoms with Gasteiger partial charge >= 0.3 is 5.91 Å². The molecule has 0 spiro atoms. The van der Waals surface area contributed by atoms with Gasteiger partial charge in [-0.3, -0.25) is 14.5 Å². The number of phenolic OH excluding ortho intramolecular Hbond substituents is 1. The van der Waals surface area contributed by atoms with Gasteiger partial charge in [0.2, 0.25) is 5.13 Å². The highest BCUT2D eigenvalue weighted by Gasteiger charge is 2.48. The monoisotopic (exact) mass is 733 g/mol. The highest BCUT2D eigenvalue weighted by Crippen LogP contribution is 2.46. The summed E-state index contributed by atoms with van der Waals surface area (Å²) in [5.41, 5.74) is 3.55. The van der Waals surface area contributed by atoms with E-state index in [1.807, 2.05) is 37.3 Å². The Labute approximate surface area is 300 Å². The minimum Gasteiger partial charge on any atom is -0.507 e. The van der Waals surface area contributed by atoms with Gasteiger partial charge in [0.1, 0.15) is 18.1 Å². The number of amides is 1. The number of benzene rings is 4. The highest BCUT2D eigenvalue weighted by atomic mass is 35.5. The summed E-state index contributed by atoms with van der Waals surface area (Å²) >= 11 is 14.8. The number of halogens is 2. The number of aromatic nitrogens is 2. The van der Waals surface area contributed by atoms with Gasteiger partial charge in [-0.15, -0.1) is 10.2 Å². The highest BCUT2D eigenvalue weighted by molar-refractivity contribution is 8.00. The molecule has 2 N–H and O–H groups in total. The third-order valence-corrected chi connectivity index (χ3v) is 10.3. The van der Waals surface area contributed by atoms with Gasteiger partial charge < -0.3 is 19.7 Å². The van der Waals surface area contributed by atoms with Gasteiger partial charge in [-0.25, -0.2) is 0 Å². The maximum absolute atomic E-state index is 13.7. The minimum absolute atomic E-state index is 0.112. The number of phenols is 1. The van der Waals surface area contributed by atoms with Crippen molar-refractivity contribution in [2.45, 2.75) is 36.6 Å². The van der Waals surface area contributed by atoms with Gasteiger partial charge in [0.15, 0.2) is 15.8 Å². The largest absolute Gasteiger partial charge is 0.507 e. The third-order valence-electron chi connectivity index (χ3n) is 7.63. The molecule has 1 amide bonds. The van der Waals surface area contributed by atoms with Crippen LogP contribution in [-0.4, -0.2) is 38.7 Å². The number of ketones is 1. The van der Waals surface area contributed by atoms with Gasteiger partial charge in [0, 0.05) is 21.4 Å². The number of aliphatic hydroxyl groups excluding tert-OH is 1. The molecule has 1 saturated heterocycles. The molecule has 13 heteroatoms. The zero-order chi connectivity index (χ0) is 34.7. The molecule has 1 aromatic heterocycles. The number of hydrogen-bond donors (Lipinski definition) is 2. The average molecular weight is 735 g/mol. The van der Waals surface area contributed by atoms with Crippen LogP contribution in [0.15, 0.2) is 94.8 Å². The van der Waals surface area contributed by atoms with Crippen molar-refractivity contribution in [1.29, 1.82) is 0 Å². The Morgan fingerprint density at radius 3 is 2.51 bits per heavy atom. The molecule has 1 aliphatic heterocycles. The molecule has 1 aliphatic rings. The summed E-state index contributed by atoms with van der Waals surface area (Å²) in [6.07, 6.45) is 0. The number of anilines is 1. The molecule has 0 aliphatic carbocycles. The number of carbonyl (C=O) groups excluding carboxylic acids is 2. The summed E-state index contributed by atoms with van der Waals surface area (Å²) in [4.78, 5) is 28.6. The smallest absolute Gasteiger partial charge is 0.301 e. The number of rotatable bonds is 11. The summed E-state index contributed by atoms with van der Waals surface area (Å²) in [7, 11) is 0. The number of carbonyl (C=O) groups is 2. The van der Waals surface area contributed by atoms with Crippen LogP contribution in [0.2, 0.25) is 10.0 Å². The Balaban J connectivity index is 1.33. The lowest BCUT2D eigenvalue weighted by Gasteiger charge is -2.23. The van der Waals surface area contributed by atoms with Crippen LogP contribution in [-0.2, 0) is 21.9 Å². The van der Waals surface area contributed by atoms with Crippen LogP contribution in [0.25, 0.3) is 5.76 Å². The van der Waals surface area contributed by atoms with E-state index in [4.69, 9.17) is 32.7 Å². The Morgan fingerprint density at radius 2 is 1.78 bits per heavy atom. The van der Waals surface area contributed by atoms with Crippen molar-refractivity contribution in [2.75, 3.05) is 11.5 Å². The number of aromatic hydroxyl groups is 1. The number of nitrogens with zero attached hydrogens (tertiary/aromatic N) is 3. The average Bonchev–Trinajstić information content (AvgIpc) is 3.66. The Morgan fingerprint density at radius 1 is 0.980 bits per heavy atom. The number of aryl methyl sites for hydroxylation is 1. The molecule has 1 fully saturated rings. The number of Topliss-reactive ketones (excluding diaryl/α,β-unsaturated/α-hetero) is 1. The first kappa shape index (κ1) is 34.3. The lowest BCUT2D eigenvalue weighted by molar-refractivity contribution is -0.132. The summed E-state index contributed by atoms with van der Waals surface area (Å²) in [6, 6.07) is 23.2. The first-order chi connectivity index (χ1) is 23.6. The molecule has 0 radical (unpaired) electrons. The molecule has 250 valence electrons. The molecule has 6 rings (SSSR count). The van der Waals surface area contributed by atoms with Gasteiger partial charge in [-0.1, -0.05) is 88.3 Å². The first-order valence-corrected chi connectivity index (χ1v) is 17.6. The SMILES string of the molecule is CCOc1cc(C2/C(=C(\O)c3ccc(OCc4cccc(C)c4)cc3)C(=O)C(=O)N2c2nnc(SCc3ccc(Cl)cc3Cl)s2)ccc1O. The predicted octanol–water partition coefficient (Wildman–Crippen LogP) is 8.76. The maximum atomic E-state index is 13.7. The van der Waals surface area contributed by atoms with E-state index in [-0.39, 0.29) is 34.6 Å². The van der Waals surface area contributed by atoms with Gasteiger partial charge in [0.25, 0.3) is 5.78 Å². The van der Waals surface area contributed by atoms with Crippen molar-refractivity contribution < 1.29 is 29.3 Å². The third kappa shape index (κ3) is 7.55. The second kappa shape index (κ2) is 14.9. The second-order valence-electron chi connectivity index (χ2n) is 11.0. The lowest BCUT2D eigenvalue weighted by Crippen LogP contribution is -2.29. The van der Waals surface area contributed by atoms with E-state index >= 15 is 0 Å². The van der Waals surface area contributed by atoms with Gasteiger partial charge in [-0.05, 0) is 79.1 Å². The Kier molecular flexibility index (Phi) is 10.4. The summed E-state index contributed by atoms with van der Waals surface area (Å²) in [5, 5.41) is 31.7. The molecular weight excluding hydrogens is 705 g/mol. The number of ether oxygens (including phenoxy) is 2. The van der Waals surface area contributed by atoms with E-state index in [1.165, 1.54) is 28.8 Å². The Hall–Kier alpha value is -4.55. The molecule has 9 nitrogen and oxygen atoms in total. The van der Waals surface area contributed by atoms with Crippen molar-refractivity contribution >= 4 is 68.9 Å². The molecule has 1 atom stereocenters. The first-order valence-electron chi connectivity index (χ1n) is 15.1. The molecule has 0 saturated carbocycles. The van der Waals surface area contributed by atoms with Crippen molar-refractivity contribution in [1.82, 2.24) is 10.2 Å². The number of hydrogen-bond acceptors (Lipinski definition) is 10. The molecule has 0 bridgehead atoms. The van der Waals surface area contributed by atoms with Crippen molar-refractivity contribution in [3.05, 3.63) is 128 Å². The molecule has 4 aromatic carbocycles. The van der Waals surface area contributed by atoms with Crippen LogP contribution in [0.4, 0.5) is 5.13 Å². The van der Waals surface area contributed by atoms with E-state index < -0.39 is 17.7 Å². The molecule has 1 unspecified atom stereocenters. The van der Waals surface area contributed by atoms with E-state index in [9.17, 15) is 19.8 Å². The summed E-state index contributed by atoms with van der Waals surface area (Å²) < 4.78 is 12.1. The normalized spacial score (nSPS) is 15.5. The predicted molar refractivity (Wildman–Crippen MR) is 192 cm³/mol. The zero-order valence-corrected chi connectivity index (χ0v) is 29.4. The van der Waals surface area contributed by atoms with Crippen LogP contribution < -0.4 is 14.4 Å². The van der Waals surface area contributed by atoms with E-state index in [1.54, 1.807) is 49.4 Å². The quantitative estimate of drug-likeness (QED) is 0.0451. The van der Waals surface area contributed by atoms with E-state index in [2.05, 4.69) is 10.2 Å². The molecule has 5 aromatic rings. The van der Waals surface area contributed by atoms with Crippen molar-refractivity contribution in [3.8, 4) is 17.2 Å². The van der Waals surface area contributed by atoms with Gasteiger partial charge in [-0.2, -0.15) is 0 Å². The van der Waals surface area contributed by atoms with Crippen molar-refractivity contribution in [2.24, 2.45) is 0 Å². The van der Waals surface area contributed by atoms with Crippen LogP contribution in [0.1, 0.15) is 40.8 Å². The number of aliphatic hydroxyl groups is 1. The summed E-state index contributed by atoms with van der Waals surface area (Å²) in [6.45, 7) is 4.40. The van der Waals surface area contributed by atoms with Crippen LogP contribution in [0, 0.1) is 6.92 Å². The number of thioether (sulfide) groups is 1. The molecule has 2 heterocycles. The van der Waals surface area contributed by atoms with Crippen molar-refractivity contribution in [3.63, 3.8) is 0 Å². The minimum atomic E-state index is -1.10. The van der Waals surface area contributed by atoms with E-state index in [0.29, 0.717) is 43.6 Å². The Bertz CT molecular complexity index is 2070. The van der Waals surface area contributed by atoms with Gasteiger partial charge in [0.05, 0.1) is 18.2 Å². The fourth-order valence-electron chi connectivity index (χ4n) is 5.29. The zero-order valence-electron chi connectivity index (χ0n) is 26.2. The standard InChI is InChI=1S/C36H29Cl2N3O6S2/c1-3-46-29-16-23(10-14-28(29)42)31-30(32(43)22-8-12-26(13-9-22)47-18-21-6-4-5-20(2)15-21)33(44)34(45)41(31)35-39-40-36(49-35)48-19-24-7-11-25(37)17-27(24)38/h4-17,31,42-43H,3,18-19H2,1-2H3/b32-30+. The maximum Gasteiger partial charge on any atom is 0.301 e. The topological polar surface area (TPSA) is 122 Å². The molecular formula is C36H29Cl2N3O6S2. The lowest BCUT2D eigenvalue weighted by atomic mass is 9.95. The van der Waals surface area contributed by atoms with Crippen LogP contribution in [0.3, 0.4) is 0 Å².